The number of carboxylic acids is 1. The van der Waals surface area contributed by atoms with E-state index in [2.05, 4.69) is 28.1 Å². The lowest BCUT2D eigenvalue weighted by Crippen LogP contribution is -2.54. The number of hydrogen-bond donors (Lipinski definition) is 1. The molecule has 0 radical (unpaired) electrons. The number of ether oxygens (including phenoxy) is 1. The summed E-state index contributed by atoms with van der Waals surface area (Å²) >= 11 is 0. The van der Waals surface area contributed by atoms with E-state index in [1.165, 1.54) is 11.1 Å². The van der Waals surface area contributed by atoms with Crippen LogP contribution >= 0.6 is 0 Å². The van der Waals surface area contributed by atoms with Crippen LogP contribution < -0.4 is 10.4 Å². The summed E-state index contributed by atoms with van der Waals surface area (Å²) in [6, 6.07) is 9.80. The summed E-state index contributed by atoms with van der Waals surface area (Å²) < 4.78 is 7.56. The smallest absolute Gasteiger partial charge is 0.251 e. The van der Waals surface area contributed by atoms with Gasteiger partial charge in [-0.2, -0.15) is 0 Å². The van der Waals surface area contributed by atoms with Gasteiger partial charge in [0.25, 0.3) is 5.91 Å². The van der Waals surface area contributed by atoms with Crippen molar-refractivity contribution in [3.05, 3.63) is 76.8 Å². The van der Waals surface area contributed by atoms with E-state index >= 15 is 0 Å². The van der Waals surface area contributed by atoms with Gasteiger partial charge in [-0.25, -0.2) is 0 Å². The molecule has 1 aliphatic carbocycles. The minimum Gasteiger partial charge on any atom is -0.550 e. The number of allylic oxidation sites excluding steroid dienone is 2. The highest BCUT2D eigenvalue weighted by Gasteiger charge is 2.34. The average Bonchev–Trinajstić information content (AvgIpc) is 3.21. The van der Waals surface area contributed by atoms with E-state index in [1.807, 2.05) is 31.3 Å². The lowest BCUT2D eigenvalue weighted by atomic mass is 9.86. The van der Waals surface area contributed by atoms with Crippen molar-refractivity contribution in [3.8, 4) is 0 Å². The third-order valence-corrected chi connectivity index (χ3v) is 6.92. The Hall–Kier alpha value is -3.45. The average molecular weight is 459 g/mol. The fourth-order valence-corrected chi connectivity index (χ4v) is 5.15. The first kappa shape index (κ1) is 22.3. The highest BCUT2D eigenvalue weighted by molar-refractivity contribution is 5.98. The van der Waals surface area contributed by atoms with E-state index in [9.17, 15) is 14.7 Å². The van der Waals surface area contributed by atoms with E-state index in [0.29, 0.717) is 31.6 Å². The zero-order valence-corrected chi connectivity index (χ0v) is 19.3. The molecule has 2 aromatic heterocycles. The minimum atomic E-state index is -1.17. The lowest BCUT2D eigenvalue weighted by Gasteiger charge is -2.38. The molecule has 1 aromatic carbocycles. The van der Waals surface area contributed by atoms with E-state index in [1.54, 1.807) is 6.07 Å². The molecule has 7 nitrogen and oxygen atoms in total. The highest BCUT2D eigenvalue weighted by atomic mass is 16.5. The maximum absolute atomic E-state index is 13.1. The summed E-state index contributed by atoms with van der Waals surface area (Å²) in [5, 5.41) is 15.3. The van der Waals surface area contributed by atoms with E-state index in [0.717, 1.165) is 41.7 Å². The lowest BCUT2D eigenvalue weighted by molar-refractivity contribution is -0.307. The Morgan fingerprint density at radius 1 is 1.15 bits per heavy atom. The molecule has 5 rings (SSSR count). The van der Waals surface area contributed by atoms with Crippen LogP contribution in [0.5, 0.6) is 0 Å². The molecule has 0 saturated carbocycles. The Morgan fingerprint density at radius 2 is 1.94 bits per heavy atom. The number of aliphatic carboxylic acids is 1. The molecule has 1 aliphatic heterocycles. The third kappa shape index (κ3) is 4.48. The number of rotatable bonds is 6. The van der Waals surface area contributed by atoms with Crippen LogP contribution in [-0.2, 0) is 28.9 Å². The van der Waals surface area contributed by atoms with Crippen LogP contribution in [0.4, 0.5) is 0 Å². The van der Waals surface area contributed by atoms with Gasteiger partial charge in [0, 0.05) is 78.2 Å². The second kappa shape index (κ2) is 9.06. The molecule has 3 aromatic rings. The zero-order chi connectivity index (χ0) is 23.7. The monoisotopic (exact) mass is 458 g/mol. The number of hydrogen-bond acceptors (Lipinski definition) is 5. The first-order valence-electron chi connectivity index (χ1n) is 11.7. The fourth-order valence-electron chi connectivity index (χ4n) is 5.15. The summed E-state index contributed by atoms with van der Waals surface area (Å²) in [6.07, 6.45) is 8.89. The SMILES string of the molecule is Cc1cc(Cn2ccc3cc(C(=O)NC4(CC(=O)[O-])CCOCC4)ccc32)c2c(n1)CC=CC2. The number of aromatic nitrogens is 2. The van der Waals surface area contributed by atoms with Gasteiger partial charge in [0.05, 0.1) is 0 Å². The van der Waals surface area contributed by atoms with Crippen molar-refractivity contribution < 1.29 is 19.4 Å². The number of benzene rings is 1. The number of nitrogens with one attached hydrogen (secondary N) is 1. The van der Waals surface area contributed by atoms with Crippen molar-refractivity contribution in [3.63, 3.8) is 0 Å². The summed E-state index contributed by atoms with van der Waals surface area (Å²) in [7, 11) is 0. The van der Waals surface area contributed by atoms with Gasteiger partial charge in [0.15, 0.2) is 0 Å². The normalized spacial score (nSPS) is 16.9. The predicted octanol–water partition coefficient (Wildman–Crippen LogP) is 2.47. The molecule has 7 heteroatoms. The molecule has 1 N–H and O–H groups in total. The summed E-state index contributed by atoms with van der Waals surface area (Å²) in [5.41, 5.74) is 5.49. The van der Waals surface area contributed by atoms with Crippen molar-refractivity contribution in [1.29, 1.82) is 0 Å². The Balaban J connectivity index is 1.39. The van der Waals surface area contributed by atoms with Crippen LogP contribution in [0.25, 0.3) is 10.9 Å². The van der Waals surface area contributed by atoms with Crippen molar-refractivity contribution in [2.45, 2.75) is 51.1 Å². The van der Waals surface area contributed by atoms with Crippen LogP contribution in [0.3, 0.4) is 0 Å². The van der Waals surface area contributed by atoms with E-state index < -0.39 is 11.5 Å². The maximum Gasteiger partial charge on any atom is 0.251 e. The molecule has 1 fully saturated rings. The van der Waals surface area contributed by atoms with Gasteiger partial charge in [-0.3, -0.25) is 9.78 Å². The first-order valence-corrected chi connectivity index (χ1v) is 11.7. The summed E-state index contributed by atoms with van der Waals surface area (Å²) in [4.78, 5) is 29.1. The molecule has 0 bridgehead atoms. The van der Waals surface area contributed by atoms with Crippen LogP contribution in [0.15, 0.2) is 48.7 Å². The van der Waals surface area contributed by atoms with Gasteiger partial charge in [-0.1, -0.05) is 12.2 Å². The van der Waals surface area contributed by atoms with Gasteiger partial charge < -0.3 is 24.5 Å². The van der Waals surface area contributed by atoms with Gasteiger partial charge in [0.2, 0.25) is 0 Å². The number of fused-ring (bicyclic) bond motifs is 2. The standard InChI is InChI=1S/C27H29N3O4/c1-18-14-21(22-4-2-3-5-23(22)28-18)17-30-11-8-19-15-20(6-7-24(19)30)26(33)29-27(16-25(31)32)9-12-34-13-10-27/h2-3,6-8,11,14-15H,4-5,9-10,12-13,16-17H2,1H3,(H,29,33)(H,31,32)/p-1. The molecule has 0 spiro atoms. The quantitative estimate of drug-likeness (QED) is 0.573. The van der Waals surface area contributed by atoms with Crippen LogP contribution in [0.2, 0.25) is 0 Å². The second-order valence-electron chi connectivity index (χ2n) is 9.34. The topological polar surface area (TPSA) is 96.3 Å². The van der Waals surface area contributed by atoms with Crippen molar-refractivity contribution >= 4 is 22.8 Å². The molecule has 34 heavy (non-hydrogen) atoms. The Kier molecular flexibility index (Phi) is 5.96. The minimum absolute atomic E-state index is 0.217. The van der Waals surface area contributed by atoms with Crippen molar-refractivity contribution in [1.82, 2.24) is 14.9 Å². The van der Waals surface area contributed by atoms with E-state index in [4.69, 9.17) is 9.72 Å². The van der Waals surface area contributed by atoms with Crippen molar-refractivity contribution in [2.24, 2.45) is 0 Å². The number of carbonyl (C=O) groups is 2. The third-order valence-electron chi connectivity index (χ3n) is 6.92. The second-order valence-corrected chi connectivity index (χ2v) is 9.34. The Morgan fingerprint density at radius 3 is 2.74 bits per heavy atom. The molecule has 2 aliphatic rings. The Bertz CT molecular complexity index is 1280. The zero-order valence-electron chi connectivity index (χ0n) is 19.3. The molecule has 3 heterocycles. The molecule has 176 valence electrons. The molecular weight excluding hydrogens is 430 g/mol. The number of aryl methyl sites for hydroxylation is 1. The maximum atomic E-state index is 13.1. The summed E-state index contributed by atoms with van der Waals surface area (Å²) in [6.45, 7) is 3.61. The number of nitrogens with zero attached hydrogens (tertiary/aromatic N) is 2. The number of carbonyl (C=O) groups excluding carboxylic acids is 2. The predicted molar refractivity (Wildman–Crippen MR) is 126 cm³/mol. The molecule has 0 unspecified atom stereocenters. The van der Waals surface area contributed by atoms with Crippen LogP contribution in [-0.4, -0.2) is 40.2 Å². The van der Waals surface area contributed by atoms with Crippen LogP contribution in [0, 0.1) is 6.92 Å². The summed E-state index contributed by atoms with van der Waals surface area (Å²) in [5.74, 6) is -1.44. The van der Waals surface area contributed by atoms with Gasteiger partial charge in [-0.15, -0.1) is 0 Å². The van der Waals surface area contributed by atoms with Gasteiger partial charge in [-0.05, 0) is 67.6 Å². The molecule has 0 atom stereocenters. The molecular formula is C27H28N3O4-. The van der Waals surface area contributed by atoms with Gasteiger partial charge in [0.1, 0.15) is 0 Å². The van der Waals surface area contributed by atoms with Crippen LogP contribution in [0.1, 0.15) is 52.1 Å². The van der Waals surface area contributed by atoms with Gasteiger partial charge >= 0.3 is 0 Å². The Labute approximate surface area is 198 Å². The highest BCUT2D eigenvalue weighted by Crippen LogP contribution is 2.27. The molecule has 1 amide bonds. The number of carboxylic acid groups (broad SMARTS) is 1. The number of amides is 1. The first-order chi connectivity index (χ1) is 16.4. The fraction of sp³-hybridized carbons (Fsp3) is 0.370. The van der Waals surface area contributed by atoms with E-state index in [-0.39, 0.29) is 12.3 Å². The van der Waals surface area contributed by atoms with Crippen molar-refractivity contribution in [2.75, 3.05) is 13.2 Å². The molecule has 1 saturated heterocycles. The number of pyridine rings is 1. The largest absolute Gasteiger partial charge is 0.550 e.